The summed E-state index contributed by atoms with van der Waals surface area (Å²) < 4.78 is 30.2. The normalized spacial score (nSPS) is 11.1. The lowest BCUT2D eigenvalue weighted by Crippen LogP contribution is -1.94. The second-order valence-electron chi connectivity index (χ2n) is 3.79. The van der Waals surface area contributed by atoms with Gasteiger partial charge in [0.1, 0.15) is 0 Å². The number of hydrogen-bond acceptors (Lipinski definition) is 2. The number of hydrogen-bond donors (Lipinski definition) is 0. The molecule has 0 unspecified atom stereocenters. The van der Waals surface area contributed by atoms with E-state index < -0.39 is 10.0 Å². The summed E-state index contributed by atoms with van der Waals surface area (Å²) in [6.07, 6.45) is 3.65. The van der Waals surface area contributed by atoms with E-state index in [2.05, 4.69) is 3.77 Å². The molecule has 2 rings (SSSR count). The second kappa shape index (κ2) is 5.73. The van der Waals surface area contributed by atoms with Gasteiger partial charge in [0.2, 0.25) is 0 Å². The van der Waals surface area contributed by atoms with E-state index in [9.17, 15) is 8.42 Å². The van der Waals surface area contributed by atoms with Crippen molar-refractivity contribution in [2.75, 3.05) is 0 Å². The Labute approximate surface area is 120 Å². The molecule has 1 heterocycles. The molecule has 0 aliphatic heterocycles. The average Bonchev–Trinajstić information content (AvgIpc) is 2.39. The molecule has 0 radical (unpaired) electrons. The van der Waals surface area contributed by atoms with Gasteiger partial charge in [0.05, 0.1) is 4.90 Å². The molecule has 7 heteroatoms. The fourth-order valence-corrected chi connectivity index (χ4v) is 3.22. The summed E-state index contributed by atoms with van der Waals surface area (Å²) in [6, 6.07) is 9.52. The Morgan fingerprint density at radius 2 is 1.68 bits per heavy atom. The summed E-state index contributed by atoms with van der Waals surface area (Å²) >= 11 is 6.64. The number of pyridine rings is 1. The highest BCUT2D eigenvalue weighted by atomic mass is 35.5. The third kappa shape index (κ3) is 3.79. The summed E-state index contributed by atoms with van der Waals surface area (Å²) in [5.41, 5.74) is 0. The minimum atomic E-state index is -3.66. The molecule has 0 fully saturated rings. The molecule has 1 aromatic heterocycles. The molecule has 19 heavy (non-hydrogen) atoms. The van der Waals surface area contributed by atoms with Crippen LogP contribution in [0, 0.1) is 4.51 Å². The minimum Gasteiger partial charge on any atom is -0.357 e. The zero-order valence-corrected chi connectivity index (χ0v) is 12.4. The number of rotatable bonds is 2. The van der Waals surface area contributed by atoms with Gasteiger partial charge in [-0.25, -0.2) is 0 Å². The first-order valence-corrected chi connectivity index (χ1v) is 7.92. The molecule has 1 aromatic carbocycles. The van der Waals surface area contributed by atoms with E-state index in [-0.39, 0.29) is 4.90 Å². The largest absolute Gasteiger partial charge is 0.357 e. The predicted octanol–water partition coefficient (Wildman–Crippen LogP) is 2.87. The Balaban J connectivity index is 2.44. The van der Waals surface area contributed by atoms with Crippen molar-refractivity contribution in [3.05, 3.63) is 58.3 Å². The van der Waals surface area contributed by atoms with Crippen LogP contribution in [0.3, 0.4) is 0 Å². The molecule has 0 atom stereocenters. The van der Waals surface area contributed by atoms with Crippen molar-refractivity contribution in [3.63, 3.8) is 0 Å². The SMILES string of the molecule is Cn1ccc(=S=NS(=O)(=O)c2ccc(Cl)cc2)cc1. The minimum absolute atomic E-state index is 0.130. The third-order valence-electron chi connectivity index (χ3n) is 2.30. The molecule has 4 nitrogen and oxygen atoms in total. The number of sulfonamides is 1. The van der Waals surface area contributed by atoms with Gasteiger partial charge >= 0.3 is 0 Å². The van der Waals surface area contributed by atoms with Crippen molar-refractivity contribution < 1.29 is 8.42 Å². The number of nitrogens with zero attached hydrogens (tertiary/aromatic N) is 2. The number of aryl methyl sites for hydroxylation is 1. The van der Waals surface area contributed by atoms with Crippen molar-refractivity contribution in [1.82, 2.24) is 4.57 Å². The Bertz CT molecular complexity index is 769. The van der Waals surface area contributed by atoms with E-state index in [1.165, 1.54) is 24.3 Å². The Hall–Kier alpha value is -1.37. The number of benzene rings is 1. The van der Waals surface area contributed by atoms with Crippen LogP contribution in [0.1, 0.15) is 0 Å². The van der Waals surface area contributed by atoms with Gasteiger partial charge in [-0.2, -0.15) is 8.42 Å². The number of halogens is 1. The molecule has 0 amide bonds. The van der Waals surface area contributed by atoms with Crippen molar-refractivity contribution in [1.29, 1.82) is 0 Å². The van der Waals surface area contributed by atoms with Gasteiger partial charge in [-0.3, -0.25) is 0 Å². The van der Waals surface area contributed by atoms with E-state index in [1.54, 1.807) is 12.1 Å². The average molecular weight is 315 g/mol. The van der Waals surface area contributed by atoms with Crippen LogP contribution in [-0.4, -0.2) is 13.0 Å². The molecule has 2 aromatic rings. The Morgan fingerprint density at radius 1 is 1.11 bits per heavy atom. The Morgan fingerprint density at radius 3 is 2.26 bits per heavy atom. The van der Waals surface area contributed by atoms with Crippen LogP contribution in [0.5, 0.6) is 0 Å². The highest BCUT2D eigenvalue weighted by Crippen LogP contribution is 2.15. The molecule has 0 saturated heterocycles. The van der Waals surface area contributed by atoms with Gasteiger partial charge < -0.3 is 4.57 Å². The van der Waals surface area contributed by atoms with Gasteiger partial charge in [0, 0.05) is 29.0 Å². The van der Waals surface area contributed by atoms with E-state index in [4.69, 9.17) is 11.6 Å². The molecule has 0 aliphatic carbocycles. The molecule has 0 aliphatic rings. The maximum Gasteiger partial charge on any atom is 0.292 e. The second-order valence-corrected chi connectivity index (χ2v) is 6.90. The van der Waals surface area contributed by atoms with Gasteiger partial charge in [-0.1, -0.05) is 15.4 Å². The van der Waals surface area contributed by atoms with Gasteiger partial charge in [0.25, 0.3) is 10.0 Å². The fourth-order valence-electron chi connectivity index (χ4n) is 1.29. The van der Waals surface area contributed by atoms with Crippen LogP contribution in [-0.2, 0) is 28.2 Å². The van der Waals surface area contributed by atoms with Gasteiger partial charge in [-0.15, -0.1) is 0 Å². The first-order chi connectivity index (χ1) is 8.97. The van der Waals surface area contributed by atoms with Gasteiger partial charge in [-0.05, 0) is 47.5 Å². The van der Waals surface area contributed by atoms with Crippen molar-refractivity contribution in [3.8, 4) is 0 Å². The van der Waals surface area contributed by atoms with Crippen molar-refractivity contribution in [2.45, 2.75) is 4.90 Å². The maximum atomic E-state index is 11.9. The lowest BCUT2D eigenvalue weighted by molar-refractivity contribution is 0.598. The van der Waals surface area contributed by atoms with E-state index >= 15 is 0 Å². The molecule has 0 saturated carbocycles. The van der Waals surface area contributed by atoms with E-state index in [0.717, 1.165) is 15.7 Å². The van der Waals surface area contributed by atoms with Gasteiger partial charge in [0.15, 0.2) is 0 Å². The summed E-state index contributed by atoms with van der Waals surface area (Å²) in [5, 5.41) is 0.488. The highest BCUT2D eigenvalue weighted by Gasteiger charge is 2.10. The van der Waals surface area contributed by atoms with Crippen LogP contribution < -0.4 is 0 Å². The maximum absolute atomic E-state index is 11.9. The summed E-state index contributed by atoms with van der Waals surface area (Å²) in [5.74, 6) is 0. The molecular weight excluding hydrogens is 304 g/mol. The lowest BCUT2D eigenvalue weighted by Gasteiger charge is -1.96. The monoisotopic (exact) mass is 314 g/mol. The quantitative estimate of drug-likeness (QED) is 0.800. The summed E-state index contributed by atoms with van der Waals surface area (Å²) in [6.45, 7) is 0. The zero-order chi connectivity index (χ0) is 13.9. The molecule has 0 bridgehead atoms. The van der Waals surface area contributed by atoms with Crippen molar-refractivity contribution in [2.24, 2.45) is 10.8 Å². The highest BCUT2D eigenvalue weighted by molar-refractivity contribution is 7.93. The predicted molar refractivity (Wildman–Crippen MR) is 77.1 cm³/mol. The smallest absolute Gasteiger partial charge is 0.292 e. The fraction of sp³-hybridized carbons (Fsp3) is 0.0833. The lowest BCUT2D eigenvalue weighted by atomic mass is 10.4. The standard InChI is InChI=1S/C12H11ClN2O2S2/c1-15-8-6-11(7-9-15)18-14-19(16,17)12-4-2-10(13)3-5-12/h2-9H,1H3. The zero-order valence-electron chi connectivity index (χ0n) is 10.0. The van der Waals surface area contributed by atoms with Crippen molar-refractivity contribution >= 4 is 32.8 Å². The Kier molecular flexibility index (Phi) is 4.24. The van der Waals surface area contributed by atoms with Crippen LogP contribution >= 0.6 is 11.6 Å². The first kappa shape index (κ1) is 14.0. The van der Waals surface area contributed by atoms with Crippen LogP contribution in [0.15, 0.2) is 57.5 Å². The molecule has 0 N–H and O–H groups in total. The summed E-state index contributed by atoms with van der Waals surface area (Å²) in [4.78, 5) is 0.130. The van der Waals surface area contributed by atoms with E-state index in [0.29, 0.717) is 5.02 Å². The molecule has 100 valence electrons. The van der Waals surface area contributed by atoms with Crippen LogP contribution in [0.25, 0.3) is 0 Å². The topological polar surface area (TPSA) is 51.4 Å². The molecular formula is C12H11ClN2O2S2. The molecule has 0 spiro atoms. The van der Waals surface area contributed by atoms with Crippen LogP contribution in [0.2, 0.25) is 5.02 Å². The van der Waals surface area contributed by atoms with E-state index in [1.807, 2.05) is 24.0 Å². The first-order valence-electron chi connectivity index (χ1n) is 5.32. The third-order valence-corrected chi connectivity index (χ3v) is 4.99. The summed E-state index contributed by atoms with van der Waals surface area (Å²) in [7, 11) is -1.78. The van der Waals surface area contributed by atoms with Crippen LogP contribution in [0.4, 0.5) is 0 Å². The number of aromatic nitrogens is 1.